The third-order valence-electron chi connectivity index (χ3n) is 2.88. The van der Waals surface area contributed by atoms with E-state index >= 15 is 0 Å². The second-order valence-electron chi connectivity index (χ2n) is 4.28. The molecule has 3 rings (SSSR count). The van der Waals surface area contributed by atoms with Gasteiger partial charge >= 0.3 is 0 Å². The van der Waals surface area contributed by atoms with Gasteiger partial charge in [0.2, 0.25) is 0 Å². The van der Waals surface area contributed by atoms with E-state index in [9.17, 15) is 13.9 Å². The number of nitrogens with one attached hydrogen (secondary N) is 1. The minimum absolute atomic E-state index is 0. The zero-order valence-corrected chi connectivity index (χ0v) is 13.6. The number of nitrogens with zero attached hydrogens (tertiary/aromatic N) is 1. The summed E-state index contributed by atoms with van der Waals surface area (Å²) < 4.78 is 27.1. The summed E-state index contributed by atoms with van der Waals surface area (Å²) in [4.78, 5) is 4.23. The quantitative estimate of drug-likeness (QED) is 0.658. The second-order valence-corrected chi connectivity index (χ2v) is 5.13. The average molecular weight is 385 g/mol. The van der Waals surface area contributed by atoms with Crippen LogP contribution in [0.3, 0.4) is 0 Å². The summed E-state index contributed by atoms with van der Waals surface area (Å²) in [6.07, 6.45) is 0. The first-order valence-electron chi connectivity index (χ1n) is 6.10. The highest BCUT2D eigenvalue weighted by Gasteiger charge is 2.12. The number of halogens is 3. The predicted octanol–water partition coefficient (Wildman–Crippen LogP) is 5.12. The SMILES string of the molecule is Br.Oc1ccccc1-c1csc(Nc2c(F)cccc2F)n1. The Morgan fingerprint density at radius 2 is 1.68 bits per heavy atom. The van der Waals surface area contributed by atoms with E-state index in [0.29, 0.717) is 16.4 Å². The number of anilines is 2. The van der Waals surface area contributed by atoms with Gasteiger partial charge in [-0.05, 0) is 24.3 Å². The highest BCUT2D eigenvalue weighted by molar-refractivity contribution is 8.93. The molecule has 0 aliphatic rings. The molecule has 2 N–H and O–H groups in total. The lowest BCUT2D eigenvalue weighted by Crippen LogP contribution is -1.96. The zero-order chi connectivity index (χ0) is 14.8. The van der Waals surface area contributed by atoms with Crippen LogP contribution in [0.5, 0.6) is 5.75 Å². The van der Waals surface area contributed by atoms with Gasteiger partial charge in [-0.3, -0.25) is 0 Å². The number of hydrogen-bond acceptors (Lipinski definition) is 4. The molecule has 22 heavy (non-hydrogen) atoms. The molecule has 3 aromatic rings. The normalized spacial score (nSPS) is 10.1. The maximum atomic E-state index is 13.6. The minimum atomic E-state index is -0.686. The molecule has 0 amide bonds. The van der Waals surface area contributed by atoms with Gasteiger partial charge in [-0.25, -0.2) is 13.8 Å². The van der Waals surface area contributed by atoms with Crippen molar-refractivity contribution in [2.75, 3.05) is 5.32 Å². The molecule has 3 nitrogen and oxygen atoms in total. The fourth-order valence-corrected chi connectivity index (χ4v) is 2.58. The maximum absolute atomic E-state index is 13.6. The van der Waals surface area contributed by atoms with E-state index in [-0.39, 0.29) is 28.4 Å². The van der Waals surface area contributed by atoms with Crippen molar-refractivity contribution in [3.8, 4) is 17.0 Å². The highest BCUT2D eigenvalue weighted by Crippen LogP contribution is 2.33. The van der Waals surface area contributed by atoms with Gasteiger partial charge in [0, 0.05) is 10.9 Å². The van der Waals surface area contributed by atoms with Crippen molar-refractivity contribution >= 4 is 39.1 Å². The van der Waals surface area contributed by atoms with Gasteiger partial charge in [-0.2, -0.15) is 0 Å². The largest absolute Gasteiger partial charge is 0.507 e. The van der Waals surface area contributed by atoms with Gasteiger partial charge in [-0.15, -0.1) is 28.3 Å². The number of phenolic OH excluding ortho intramolecular Hbond substituents is 1. The Morgan fingerprint density at radius 3 is 2.36 bits per heavy atom. The average Bonchev–Trinajstić information content (AvgIpc) is 2.92. The van der Waals surface area contributed by atoms with Crippen molar-refractivity contribution in [2.24, 2.45) is 0 Å². The predicted molar refractivity (Wildman–Crippen MR) is 89.2 cm³/mol. The summed E-state index contributed by atoms with van der Waals surface area (Å²) in [5, 5.41) is 14.5. The van der Waals surface area contributed by atoms with Crippen LogP contribution in [-0.4, -0.2) is 10.1 Å². The summed E-state index contributed by atoms with van der Waals surface area (Å²) in [7, 11) is 0. The van der Waals surface area contributed by atoms with Gasteiger partial charge in [0.25, 0.3) is 0 Å². The van der Waals surface area contributed by atoms with Crippen LogP contribution >= 0.6 is 28.3 Å². The number of para-hydroxylation sites is 2. The Balaban J connectivity index is 0.00000176. The molecular formula is C15H11BrF2N2OS. The minimum Gasteiger partial charge on any atom is -0.507 e. The van der Waals surface area contributed by atoms with Crippen LogP contribution in [0.4, 0.5) is 19.6 Å². The third kappa shape index (κ3) is 3.26. The van der Waals surface area contributed by atoms with Gasteiger partial charge in [-0.1, -0.05) is 18.2 Å². The molecule has 0 aliphatic heterocycles. The standard InChI is InChI=1S/C15H10F2N2OS.BrH/c16-10-5-3-6-11(17)14(10)19-15-18-12(8-21-15)9-4-1-2-7-13(9)20;/h1-8,20H,(H,18,19);1H. The number of hydrogen-bond donors (Lipinski definition) is 2. The summed E-state index contributed by atoms with van der Waals surface area (Å²) in [6.45, 7) is 0. The molecule has 1 aromatic heterocycles. The monoisotopic (exact) mass is 384 g/mol. The van der Waals surface area contributed by atoms with E-state index in [2.05, 4.69) is 10.3 Å². The number of aromatic nitrogens is 1. The maximum Gasteiger partial charge on any atom is 0.187 e. The molecule has 2 aromatic carbocycles. The first-order valence-corrected chi connectivity index (χ1v) is 6.98. The van der Waals surface area contributed by atoms with Crippen LogP contribution in [0.2, 0.25) is 0 Å². The van der Waals surface area contributed by atoms with Crippen molar-refractivity contribution in [3.63, 3.8) is 0 Å². The Hall–Kier alpha value is -1.99. The fourth-order valence-electron chi connectivity index (χ4n) is 1.87. The topological polar surface area (TPSA) is 45.1 Å². The van der Waals surface area contributed by atoms with E-state index < -0.39 is 11.6 Å². The van der Waals surface area contributed by atoms with E-state index in [1.54, 1.807) is 29.6 Å². The zero-order valence-electron chi connectivity index (χ0n) is 11.1. The van der Waals surface area contributed by atoms with Crippen molar-refractivity contribution in [1.82, 2.24) is 4.98 Å². The number of phenols is 1. The van der Waals surface area contributed by atoms with Crippen LogP contribution in [0.25, 0.3) is 11.3 Å². The molecule has 1 heterocycles. The molecule has 0 spiro atoms. The van der Waals surface area contributed by atoms with Crippen molar-refractivity contribution < 1.29 is 13.9 Å². The Morgan fingerprint density at radius 1 is 1.00 bits per heavy atom. The molecule has 0 bridgehead atoms. The van der Waals surface area contributed by atoms with Gasteiger partial charge < -0.3 is 10.4 Å². The van der Waals surface area contributed by atoms with Crippen molar-refractivity contribution in [2.45, 2.75) is 0 Å². The molecule has 0 atom stereocenters. The first kappa shape index (κ1) is 16.4. The van der Waals surface area contributed by atoms with E-state index in [1.165, 1.54) is 29.5 Å². The van der Waals surface area contributed by atoms with Gasteiger partial charge in [0.1, 0.15) is 23.1 Å². The third-order valence-corrected chi connectivity index (χ3v) is 3.64. The summed E-state index contributed by atoms with van der Waals surface area (Å²) in [6, 6.07) is 10.4. The van der Waals surface area contributed by atoms with Crippen LogP contribution < -0.4 is 5.32 Å². The van der Waals surface area contributed by atoms with Gasteiger partial charge in [0.05, 0.1) is 5.69 Å². The van der Waals surface area contributed by atoms with Crippen LogP contribution in [0.15, 0.2) is 47.8 Å². The summed E-state index contributed by atoms with van der Waals surface area (Å²) in [5.41, 5.74) is 0.865. The van der Waals surface area contributed by atoms with Crippen molar-refractivity contribution in [1.29, 1.82) is 0 Å². The van der Waals surface area contributed by atoms with E-state index in [1.807, 2.05) is 0 Å². The lowest BCUT2D eigenvalue weighted by Gasteiger charge is -2.05. The molecule has 0 saturated carbocycles. The van der Waals surface area contributed by atoms with Crippen LogP contribution in [0, 0.1) is 11.6 Å². The number of rotatable bonds is 3. The second kappa shape index (κ2) is 6.85. The molecule has 0 radical (unpaired) electrons. The molecule has 0 aliphatic carbocycles. The fraction of sp³-hybridized carbons (Fsp3) is 0. The first-order chi connectivity index (χ1) is 10.1. The van der Waals surface area contributed by atoms with E-state index in [0.717, 1.165) is 0 Å². The molecule has 114 valence electrons. The summed E-state index contributed by atoms with van der Waals surface area (Å²) in [5.74, 6) is -1.27. The van der Waals surface area contributed by atoms with E-state index in [4.69, 9.17) is 0 Å². The summed E-state index contributed by atoms with van der Waals surface area (Å²) >= 11 is 1.20. The number of aromatic hydroxyl groups is 1. The number of benzene rings is 2. The molecule has 0 fully saturated rings. The van der Waals surface area contributed by atoms with Crippen molar-refractivity contribution in [3.05, 3.63) is 59.5 Å². The highest BCUT2D eigenvalue weighted by atomic mass is 79.9. The Kier molecular flexibility index (Phi) is 5.10. The molecule has 0 saturated heterocycles. The molecule has 7 heteroatoms. The Bertz CT molecular complexity index is 774. The number of thiazole rings is 1. The van der Waals surface area contributed by atoms with Crippen LogP contribution in [-0.2, 0) is 0 Å². The molecular weight excluding hydrogens is 374 g/mol. The molecule has 0 unspecified atom stereocenters. The lowest BCUT2D eigenvalue weighted by atomic mass is 10.1. The Labute approximate surface area is 140 Å². The van der Waals surface area contributed by atoms with Crippen LogP contribution in [0.1, 0.15) is 0 Å². The smallest absolute Gasteiger partial charge is 0.187 e. The van der Waals surface area contributed by atoms with Gasteiger partial charge in [0.15, 0.2) is 5.13 Å². The lowest BCUT2D eigenvalue weighted by molar-refractivity contribution is 0.477.